The van der Waals surface area contributed by atoms with Crippen molar-refractivity contribution >= 4 is 34.8 Å². The molecule has 0 spiro atoms. The van der Waals surface area contributed by atoms with Crippen molar-refractivity contribution < 1.29 is 15.3 Å². The molecule has 0 saturated heterocycles. The Kier molecular flexibility index (Phi) is 7.73. The lowest BCUT2D eigenvalue weighted by atomic mass is 9.94. The van der Waals surface area contributed by atoms with E-state index in [9.17, 15) is 10.2 Å². The molecule has 0 radical (unpaired) electrons. The van der Waals surface area contributed by atoms with Crippen LogP contribution in [0.25, 0.3) is 0 Å². The summed E-state index contributed by atoms with van der Waals surface area (Å²) in [6.07, 6.45) is -0.890. The molecule has 0 amide bonds. The predicted molar refractivity (Wildman–Crippen MR) is 58.3 cm³/mol. The lowest BCUT2D eigenvalue weighted by Gasteiger charge is -2.37. The van der Waals surface area contributed by atoms with Gasteiger partial charge >= 0.3 is 0 Å². The Morgan fingerprint density at radius 3 is 1.93 bits per heavy atom. The van der Waals surface area contributed by atoms with Crippen LogP contribution in [0.15, 0.2) is 0 Å². The van der Waals surface area contributed by atoms with E-state index >= 15 is 0 Å². The van der Waals surface area contributed by atoms with Gasteiger partial charge in [-0.1, -0.05) is 34.8 Å². The SMILES string of the molecule is CC(O)C(O)(CCCO)C(Cl)(Cl)Cl.N. The van der Waals surface area contributed by atoms with Gasteiger partial charge in [0.15, 0.2) is 0 Å². The van der Waals surface area contributed by atoms with Gasteiger partial charge in [-0.15, -0.1) is 0 Å². The molecule has 0 saturated carbocycles. The van der Waals surface area contributed by atoms with Crippen molar-refractivity contribution in [1.29, 1.82) is 0 Å². The second kappa shape index (κ2) is 6.33. The van der Waals surface area contributed by atoms with Gasteiger partial charge in [0.1, 0.15) is 5.60 Å². The first-order valence-corrected chi connectivity index (χ1v) is 4.97. The molecule has 0 aliphatic heterocycles. The second-order valence-electron chi connectivity index (χ2n) is 2.93. The number of hydrogen-bond acceptors (Lipinski definition) is 4. The van der Waals surface area contributed by atoms with Crippen molar-refractivity contribution in [3.63, 3.8) is 0 Å². The molecule has 0 bridgehead atoms. The summed E-state index contributed by atoms with van der Waals surface area (Å²) < 4.78 is -1.96. The Bertz CT molecular complexity index is 163. The smallest absolute Gasteiger partial charge is 0.221 e. The van der Waals surface area contributed by atoms with Gasteiger partial charge in [0.2, 0.25) is 3.79 Å². The van der Waals surface area contributed by atoms with Crippen LogP contribution in [0, 0.1) is 0 Å². The lowest BCUT2D eigenvalue weighted by molar-refractivity contribution is -0.0715. The molecule has 6 N–H and O–H groups in total. The molecule has 0 fully saturated rings. The largest absolute Gasteiger partial charge is 0.396 e. The molecule has 0 heterocycles. The fourth-order valence-electron chi connectivity index (χ4n) is 0.936. The zero-order chi connectivity index (χ0) is 10.7. The van der Waals surface area contributed by atoms with Gasteiger partial charge < -0.3 is 21.5 Å². The Balaban J connectivity index is 0. The topological polar surface area (TPSA) is 95.7 Å². The van der Waals surface area contributed by atoms with E-state index in [0.29, 0.717) is 0 Å². The van der Waals surface area contributed by atoms with Crippen LogP contribution in [0.1, 0.15) is 19.8 Å². The Morgan fingerprint density at radius 1 is 1.29 bits per heavy atom. The third-order valence-electron chi connectivity index (χ3n) is 1.90. The molecule has 2 unspecified atom stereocenters. The quantitative estimate of drug-likeness (QED) is 0.580. The zero-order valence-electron chi connectivity index (χ0n) is 7.88. The second-order valence-corrected chi connectivity index (χ2v) is 5.21. The number of halogens is 3. The molecular formula is C7H16Cl3NO3. The normalized spacial score (nSPS) is 18.2. The third kappa shape index (κ3) is 4.06. The van der Waals surface area contributed by atoms with Crippen LogP contribution in [-0.4, -0.2) is 37.4 Å². The maximum absolute atomic E-state index is 9.80. The number of hydrogen-bond donors (Lipinski definition) is 4. The van der Waals surface area contributed by atoms with Gasteiger partial charge in [0, 0.05) is 6.61 Å². The molecule has 0 aromatic carbocycles. The van der Waals surface area contributed by atoms with Gasteiger partial charge in [0.25, 0.3) is 0 Å². The zero-order valence-corrected chi connectivity index (χ0v) is 10.1. The standard InChI is InChI=1S/C7H13Cl3O3.H3N/c1-5(12)6(13,3-2-4-11)7(8,9)10;/h5,11-13H,2-4H2,1H3;1H3. The van der Waals surface area contributed by atoms with Crippen molar-refractivity contribution in [2.45, 2.75) is 35.3 Å². The first-order valence-electron chi connectivity index (χ1n) is 3.83. The molecule has 4 nitrogen and oxygen atoms in total. The minimum atomic E-state index is -1.96. The van der Waals surface area contributed by atoms with E-state index in [4.69, 9.17) is 39.9 Å². The number of rotatable bonds is 4. The van der Waals surface area contributed by atoms with E-state index < -0.39 is 15.5 Å². The van der Waals surface area contributed by atoms with Gasteiger partial charge in [-0.05, 0) is 19.8 Å². The summed E-state index contributed by atoms with van der Waals surface area (Å²) in [7, 11) is 0. The first kappa shape index (κ1) is 17.1. The van der Waals surface area contributed by atoms with E-state index in [-0.39, 0.29) is 25.6 Å². The van der Waals surface area contributed by atoms with Gasteiger partial charge in [-0.25, -0.2) is 0 Å². The summed E-state index contributed by atoms with van der Waals surface area (Å²) in [6, 6.07) is 0. The highest BCUT2D eigenvalue weighted by molar-refractivity contribution is 6.68. The van der Waals surface area contributed by atoms with Gasteiger partial charge in [-0.3, -0.25) is 0 Å². The van der Waals surface area contributed by atoms with Crippen LogP contribution < -0.4 is 6.15 Å². The molecule has 2 atom stereocenters. The van der Waals surface area contributed by atoms with Crippen molar-refractivity contribution in [3.8, 4) is 0 Å². The third-order valence-corrected chi connectivity index (χ3v) is 2.88. The maximum atomic E-state index is 9.80. The average Bonchev–Trinajstić information content (AvgIpc) is 1.97. The van der Waals surface area contributed by atoms with Crippen LogP contribution in [-0.2, 0) is 0 Å². The molecule has 0 aliphatic carbocycles. The fourth-order valence-corrected chi connectivity index (χ4v) is 1.69. The predicted octanol–water partition coefficient (Wildman–Crippen LogP) is 1.40. The summed E-state index contributed by atoms with van der Waals surface area (Å²) in [5.41, 5.74) is -1.82. The highest BCUT2D eigenvalue weighted by Crippen LogP contribution is 2.42. The number of aliphatic hydroxyl groups excluding tert-OH is 2. The average molecular weight is 269 g/mol. The van der Waals surface area contributed by atoms with Crippen LogP contribution in [0.3, 0.4) is 0 Å². The fraction of sp³-hybridized carbons (Fsp3) is 1.00. The summed E-state index contributed by atoms with van der Waals surface area (Å²) in [5.74, 6) is 0. The maximum Gasteiger partial charge on any atom is 0.221 e. The monoisotopic (exact) mass is 267 g/mol. The highest BCUT2D eigenvalue weighted by atomic mass is 35.6. The van der Waals surface area contributed by atoms with Crippen molar-refractivity contribution in [2.75, 3.05) is 6.61 Å². The molecule has 88 valence electrons. The molecular weight excluding hydrogens is 252 g/mol. The molecule has 0 aromatic heterocycles. The minimum Gasteiger partial charge on any atom is -0.396 e. The minimum absolute atomic E-state index is 0. The van der Waals surface area contributed by atoms with E-state index in [0.717, 1.165) is 0 Å². The van der Waals surface area contributed by atoms with Gasteiger partial charge in [-0.2, -0.15) is 0 Å². The number of aliphatic hydroxyl groups is 3. The molecule has 0 aromatic rings. The summed E-state index contributed by atoms with van der Waals surface area (Å²) in [5, 5.41) is 27.6. The van der Waals surface area contributed by atoms with Crippen molar-refractivity contribution in [2.24, 2.45) is 0 Å². The van der Waals surface area contributed by atoms with Crippen LogP contribution >= 0.6 is 34.8 Å². The molecule has 0 aliphatic rings. The summed E-state index contributed by atoms with van der Waals surface area (Å²) in [6.45, 7) is 1.20. The van der Waals surface area contributed by atoms with E-state index in [2.05, 4.69) is 0 Å². The molecule has 0 rings (SSSR count). The van der Waals surface area contributed by atoms with Crippen molar-refractivity contribution in [3.05, 3.63) is 0 Å². The summed E-state index contributed by atoms with van der Waals surface area (Å²) in [4.78, 5) is 0. The Labute approximate surface area is 98.4 Å². The van der Waals surface area contributed by atoms with E-state index in [1.807, 2.05) is 0 Å². The Morgan fingerprint density at radius 2 is 1.71 bits per heavy atom. The Hall–Kier alpha value is 0.710. The van der Waals surface area contributed by atoms with Crippen LogP contribution in [0.2, 0.25) is 0 Å². The first-order chi connectivity index (χ1) is 5.75. The molecule has 14 heavy (non-hydrogen) atoms. The van der Waals surface area contributed by atoms with Gasteiger partial charge in [0.05, 0.1) is 6.10 Å². The summed E-state index contributed by atoms with van der Waals surface area (Å²) >= 11 is 16.5. The van der Waals surface area contributed by atoms with Crippen molar-refractivity contribution in [1.82, 2.24) is 6.15 Å². The lowest BCUT2D eigenvalue weighted by Crippen LogP contribution is -2.51. The van der Waals surface area contributed by atoms with Crippen LogP contribution in [0.5, 0.6) is 0 Å². The molecule has 7 heteroatoms. The van der Waals surface area contributed by atoms with E-state index in [1.165, 1.54) is 6.92 Å². The van der Waals surface area contributed by atoms with Crippen LogP contribution in [0.4, 0.5) is 0 Å². The highest BCUT2D eigenvalue weighted by Gasteiger charge is 2.50. The number of alkyl halides is 3. The van der Waals surface area contributed by atoms with E-state index in [1.54, 1.807) is 0 Å².